The molecule has 152 valence electrons. The van der Waals surface area contributed by atoms with Crippen LogP contribution in [0, 0.1) is 5.92 Å². The molecule has 1 saturated carbocycles. The van der Waals surface area contributed by atoms with Gasteiger partial charge in [0.2, 0.25) is 0 Å². The minimum Gasteiger partial charge on any atom is -0.319 e. The molecule has 2 aromatic rings. The maximum atomic E-state index is 11.8. The van der Waals surface area contributed by atoms with Crippen molar-refractivity contribution in [3.63, 3.8) is 0 Å². The van der Waals surface area contributed by atoms with Gasteiger partial charge in [-0.2, -0.15) is 13.2 Å². The van der Waals surface area contributed by atoms with Crippen LogP contribution in [0.4, 0.5) is 13.2 Å². The maximum Gasteiger partial charge on any atom is 0.416 e. The van der Waals surface area contributed by atoms with Crippen molar-refractivity contribution in [2.45, 2.75) is 52.1 Å². The normalized spacial score (nSPS) is 13.7. The highest BCUT2D eigenvalue weighted by atomic mass is 19.4. The largest absolute Gasteiger partial charge is 0.416 e. The van der Waals surface area contributed by atoms with Gasteiger partial charge in [0.05, 0.1) is 5.56 Å². The van der Waals surface area contributed by atoms with Crippen LogP contribution >= 0.6 is 0 Å². The first-order valence-corrected chi connectivity index (χ1v) is 9.51. The summed E-state index contributed by atoms with van der Waals surface area (Å²) in [7, 11) is 2.05. The van der Waals surface area contributed by atoms with E-state index in [9.17, 15) is 13.2 Å². The van der Waals surface area contributed by atoms with Crippen LogP contribution < -0.4 is 5.32 Å². The number of aromatic nitrogens is 2. The van der Waals surface area contributed by atoms with Crippen molar-refractivity contribution in [3.05, 3.63) is 60.7 Å². The van der Waals surface area contributed by atoms with Crippen molar-refractivity contribution < 1.29 is 13.2 Å². The summed E-state index contributed by atoms with van der Waals surface area (Å²) in [6.07, 6.45) is 9.67. The molecule has 3 rings (SSSR count). The first-order valence-electron chi connectivity index (χ1n) is 9.51. The molecule has 1 aliphatic rings. The van der Waals surface area contributed by atoms with Gasteiger partial charge in [-0.25, -0.2) is 0 Å². The Kier molecular flexibility index (Phi) is 15.1. The van der Waals surface area contributed by atoms with E-state index in [2.05, 4.69) is 22.3 Å². The summed E-state index contributed by atoms with van der Waals surface area (Å²) in [5.74, 6) is 0.990. The highest BCUT2D eigenvalue weighted by Gasteiger charge is 2.29. The van der Waals surface area contributed by atoms with E-state index in [1.54, 1.807) is 30.9 Å². The Morgan fingerprint density at radius 1 is 0.889 bits per heavy atom. The fraction of sp³-hybridized carbons (Fsp3) is 0.524. The van der Waals surface area contributed by atoms with Crippen LogP contribution in [0.2, 0.25) is 0 Å². The van der Waals surface area contributed by atoms with Gasteiger partial charge in [-0.05, 0) is 32.4 Å². The van der Waals surface area contributed by atoms with Gasteiger partial charge in [0, 0.05) is 24.8 Å². The number of benzene rings is 1. The summed E-state index contributed by atoms with van der Waals surface area (Å²) < 4.78 is 35.4. The van der Waals surface area contributed by atoms with E-state index < -0.39 is 11.7 Å². The molecule has 1 heterocycles. The summed E-state index contributed by atoms with van der Waals surface area (Å²) in [5, 5.41) is 3.24. The molecule has 0 radical (unpaired) electrons. The van der Waals surface area contributed by atoms with Crippen molar-refractivity contribution in [2.24, 2.45) is 5.92 Å². The molecule has 3 nitrogen and oxygen atoms in total. The summed E-state index contributed by atoms with van der Waals surface area (Å²) in [4.78, 5) is 7.44. The molecule has 0 unspecified atom stereocenters. The van der Waals surface area contributed by atoms with Crippen LogP contribution in [-0.4, -0.2) is 23.6 Å². The van der Waals surface area contributed by atoms with E-state index in [1.807, 2.05) is 13.8 Å². The smallest absolute Gasteiger partial charge is 0.319 e. The fourth-order valence-corrected chi connectivity index (χ4v) is 2.56. The summed E-state index contributed by atoms with van der Waals surface area (Å²) in [5.41, 5.74) is -0.602. The van der Waals surface area contributed by atoms with Crippen molar-refractivity contribution in [1.29, 1.82) is 0 Å². The average Bonchev–Trinajstić information content (AvgIpc) is 2.73. The van der Waals surface area contributed by atoms with Gasteiger partial charge in [0.15, 0.2) is 0 Å². The highest BCUT2D eigenvalue weighted by molar-refractivity contribution is 5.17. The number of rotatable bonds is 2. The second kappa shape index (κ2) is 16.2. The summed E-state index contributed by atoms with van der Waals surface area (Å²) >= 11 is 0. The Hall–Kier alpha value is -1.95. The van der Waals surface area contributed by atoms with Crippen molar-refractivity contribution in [2.75, 3.05) is 13.6 Å². The summed E-state index contributed by atoms with van der Waals surface area (Å²) in [6, 6.07) is 6.36. The van der Waals surface area contributed by atoms with Gasteiger partial charge in [0.25, 0.3) is 0 Å². The van der Waals surface area contributed by atoms with E-state index in [1.165, 1.54) is 50.8 Å². The van der Waals surface area contributed by atoms with E-state index in [0.717, 1.165) is 18.1 Å². The molecule has 1 N–H and O–H groups in total. The lowest BCUT2D eigenvalue weighted by Crippen LogP contribution is -2.20. The second-order valence-electron chi connectivity index (χ2n) is 5.82. The predicted molar refractivity (Wildman–Crippen MR) is 105 cm³/mol. The first kappa shape index (κ1) is 25.1. The van der Waals surface area contributed by atoms with Gasteiger partial charge in [-0.15, -0.1) is 0 Å². The third-order valence-electron chi connectivity index (χ3n) is 3.80. The van der Waals surface area contributed by atoms with E-state index in [-0.39, 0.29) is 0 Å². The van der Waals surface area contributed by atoms with Crippen LogP contribution in [-0.2, 0) is 6.18 Å². The molecule has 0 saturated heterocycles. The lowest BCUT2D eigenvalue weighted by Gasteiger charge is -2.20. The first-order chi connectivity index (χ1) is 13.0. The lowest BCUT2D eigenvalue weighted by atomic mass is 9.89. The number of alkyl halides is 3. The molecule has 0 bridgehead atoms. The Balaban J connectivity index is 0.000000368. The molecule has 0 spiro atoms. The zero-order valence-corrected chi connectivity index (χ0v) is 16.5. The maximum absolute atomic E-state index is 11.8. The number of nitrogens with one attached hydrogen (secondary N) is 1. The number of hydrogen-bond acceptors (Lipinski definition) is 3. The van der Waals surface area contributed by atoms with Crippen LogP contribution in [0.5, 0.6) is 0 Å². The number of nitrogens with zero attached hydrogens (tertiary/aromatic N) is 2. The highest BCUT2D eigenvalue weighted by Crippen LogP contribution is 2.28. The van der Waals surface area contributed by atoms with E-state index in [0.29, 0.717) is 0 Å². The number of halogens is 3. The fourth-order valence-electron chi connectivity index (χ4n) is 2.56. The van der Waals surface area contributed by atoms with Crippen LogP contribution in [0.3, 0.4) is 0 Å². The molecule has 1 fully saturated rings. The van der Waals surface area contributed by atoms with Crippen molar-refractivity contribution in [1.82, 2.24) is 15.3 Å². The quantitative estimate of drug-likeness (QED) is 0.692. The standard InChI is InChI=1S/C8H17N.C7H5F3.C4H4N2.C2H6/c1-9-7-8-5-3-2-4-6-8;8-7(9,10)6-4-2-1-3-5-6;1-2-6-4-3-5-1;1-2/h8-9H,2-7H2,1H3;1-5H;1-4H;1-2H3. The predicted octanol–water partition coefficient (Wildman–Crippen LogP) is 5.99. The van der Waals surface area contributed by atoms with Crippen molar-refractivity contribution >= 4 is 0 Å². The Morgan fingerprint density at radius 2 is 1.37 bits per heavy atom. The van der Waals surface area contributed by atoms with Gasteiger partial charge in [-0.1, -0.05) is 63.4 Å². The Bertz CT molecular complexity index is 498. The molecule has 0 amide bonds. The minimum absolute atomic E-state index is 0.602. The minimum atomic E-state index is -4.21. The van der Waals surface area contributed by atoms with Crippen LogP contribution in [0.1, 0.15) is 51.5 Å². The molecule has 27 heavy (non-hydrogen) atoms. The number of hydrogen-bond donors (Lipinski definition) is 1. The molecule has 6 heteroatoms. The topological polar surface area (TPSA) is 37.8 Å². The molecule has 1 aromatic carbocycles. The van der Waals surface area contributed by atoms with Gasteiger partial charge >= 0.3 is 6.18 Å². The summed E-state index contributed by atoms with van der Waals surface area (Å²) in [6.45, 7) is 5.24. The Morgan fingerprint density at radius 3 is 1.70 bits per heavy atom. The van der Waals surface area contributed by atoms with Gasteiger partial charge in [-0.3, -0.25) is 9.97 Å². The van der Waals surface area contributed by atoms with E-state index >= 15 is 0 Å². The lowest BCUT2D eigenvalue weighted by molar-refractivity contribution is -0.137. The third-order valence-corrected chi connectivity index (χ3v) is 3.80. The molecule has 1 aliphatic carbocycles. The molecule has 0 atom stereocenters. The van der Waals surface area contributed by atoms with Crippen LogP contribution in [0.25, 0.3) is 0 Å². The SMILES string of the molecule is CC.CNCC1CCCCC1.FC(F)(F)c1ccccc1.c1cnccn1. The van der Waals surface area contributed by atoms with Crippen molar-refractivity contribution in [3.8, 4) is 0 Å². The molecule has 1 aromatic heterocycles. The van der Waals surface area contributed by atoms with Crippen LogP contribution in [0.15, 0.2) is 55.1 Å². The second-order valence-corrected chi connectivity index (χ2v) is 5.82. The molecular formula is C21H32F3N3. The molecule has 0 aliphatic heterocycles. The average molecular weight is 384 g/mol. The Labute approximate surface area is 161 Å². The zero-order valence-electron chi connectivity index (χ0n) is 16.5. The zero-order chi connectivity index (χ0) is 20.4. The van der Waals surface area contributed by atoms with Gasteiger partial charge in [0.1, 0.15) is 0 Å². The monoisotopic (exact) mass is 383 g/mol. The van der Waals surface area contributed by atoms with E-state index in [4.69, 9.17) is 0 Å². The third kappa shape index (κ3) is 13.9. The molecular weight excluding hydrogens is 351 g/mol. The van der Waals surface area contributed by atoms with Gasteiger partial charge < -0.3 is 5.32 Å².